The number of carbonyl (C=O) groups excluding carboxylic acids is 2. The van der Waals surface area contributed by atoms with E-state index in [1.54, 1.807) is 13.8 Å². The third-order valence-corrected chi connectivity index (χ3v) is 7.55. The molecule has 5 rings (SSSR count). The fourth-order valence-electron chi connectivity index (χ4n) is 5.93. The van der Waals surface area contributed by atoms with Crippen LogP contribution in [0.25, 0.3) is 0 Å². The van der Waals surface area contributed by atoms with Crippen molar-refractivity contribution in [2.75, 3.05) is 11.5 Å². The molecule has 0 unspecified atom stereocenters. The maximum absolute atomic E-state index is 13.5. The Balaban J connectivity index is 1.43. The highest BCUT2D eigenvalue weighted by molar-refractivity contribution is 6.23. The minimum absolute atomic E-state index is 0.194. The van der Waals surface area contributed by atoms with Crippen LogP contribution in [-0.4, -0.2) is 39.6 Å². The number of imide groups is 1. The molecular formula is C24H18F6N4O4. The van der Waals surface area contributed by atoms with E-state index in [1.807, 2.05) is 0 Å². The maximum atomic E-state index is 13.5. The van der Waals surface area contributed by atoms with Crippen LogP contribution in [0, 0.1) is 29.1 Å². The first-order valence-electron chi connectivity index (χ1n) is 11.3. The molecule has 200 valence electrons. The lowest BCUT2D eigenvalue weighted by molar-refractivity contribution is -0.141. The number of carbonyl (C=O) groups is 2. The van der Waals surface area contributed by atoms with Gasteiger partial charge in [-0.1, -0.05) is 0 Å². The molecule has 0 aliphatic carbocycles. The maximum Gasteiger partial charge on any atom is 0.433 e. The van der Waals surface area contributed by atoms with E-state index < -0.39 is 69.9 Å². The second-order valence-electron chi connectivity index (χ2n) is 9.86. The van der Waals surface area contributed by atoms with Crippen LogP contribution < -0.4 is 9.64 Å². The Morgan fingerprint density at radius 1 is 1.08 bits per heavy atom. The van der Waals surface area contributed by atoms with Gasteiger partial charge in [0.2, 0.25) is 17.7 Å². The summed E-state index contributed by atoms with van der Waals surface area (Å²) >= 11 is 0. The zero-order valence-electron chi connectivity index (χ0n) is 19.7. The monoisotopic (exact) mass is 540 g/mol. The van der Waals surface area contributed by atoms with Crippen molar-refractivity contribution in [2.45, 2.75) is 43.8 Å². The van der Waals surface area contributed by atoms with E-state index in [-0.39, 0.29) is 24.6 Å². The molecule has 14 heteroatoms. The zero-order chi connectivity index (χ0) is 27.8. The Hall–Kier alpha value is -3.73. The molecule has 2 amide bonds. The predicted molar refractivity (Wildman–Crippen MR) is 114 cm³/mol. The smallest absolute Gasteiger partial charge is 0.433 e. The lowest BCUT2D eigenvalue weighted by Gasteiger charge is -2.35. The number of nitriles is 1. The van der Waals surface area contributed by atoms with Gasteiger partial charge in [-0.15, -0.1) is 0 Å². The summed E-state index contributed by atoms with van der Waals surface area (Å²) in [6.45, 7) is 2.99. The van der Waals surface area contributed by atoms with E-state index in [1.165, 1.54) is 6.07 Å². The fourth-order valence-corrected chi connectivity index (χ4v) is 5.93. The first-order valence-corrected chi connectivity index (χ1v) is 11.3. The molecule has 3 aliphatic rings. The quantitative estimate of drug-likeness (QED) is 0.424. The molecule has 0 radical (unpaired) electrons. The molecule has 0 saturated carbocycles. The van der Waals surface area contributed by atoms with Crippen LogP contribution in [0.2, 0.25) is 0 Å². The summed E-state index contributed by atoms with van der Waals surface area (Å²) in [6.07, 6.45) is -8.69. The number of halogens is 6. The summed E-state index contributed by atoms with van der Waals surface area (Å²) in [6, 6.07) is 4.68. The van der Waals surface area contributed by atoms with E-state index in [0.29, 0.717) is 23.4 Å². The van der Waals surface area contributed by atoms with Crippen molar-refractivity contribution >= 4 is 17.5 Å². The minimum atomic E-state index is -4.89. The van der Waals surface area contributed by atoms with Gasteiger partial charge in [0.05, 0.1) is 52.5 Å². The molecule has 2 bridgehead atoms. The zero-order valence-corrected chi connectivity index (χ0v) is 19.7. The largest absolute Gasteiger partial charge is 0.477 e. The molecule has 1 aromatic carbocycles. The average molecular weight is 540 g/mol. The van der Waals surface area contributed by atoms with Crippen LogP contribution in [0.5, 0.6) is 5.88 Å². The van der Waals surface area contributed by atoms with Crippen LogP contribution in [-0.2, 0) is 26.7 Å². The summed E-state index contributed by atoms with van der Waals surface area (Å²) in [7, 11) is 0. The number of nitrogens with zero attached hydrogens (tertiary/aromatic N) is 4. The van der Waals surface area contributed by atoms with Gasteiger partial charge < -0.3 is 9.47 Å². The molecule has 2 aromatic rings. The number of hydrogen-bond donors (Lipinski definition) is 0. The molecule has 5 atom stereocenters. The Labute approximate surface area is 211 Å². The highest BCUT2D eigenvalue weighted by atomic mass is 19.4. The van der Waals surface area contributed by atoms with Gasteiger partial charge in [-0.3, -0.25) is 9.59 Å². The molecular weight excluding hydrogens is 522 g/mol. The topological polar surface area (TPSA) is 105 Å². The number of ether oxygens (including phenoxy) is 2. The van der Waals surface area contributed by atoms with Gasteiger partial charge in [-0.25, -0.2) is 14.9 Å². The third kappa shape index (κ3) is 3.79. The Bertz CT molecular complexity index is 1390. The summed E-state index contributed by atoms with van der Waals surface area (Å²) in [5, 5.41) is 9.05. The van der Waals surface area contributed by atoms with Crippen LogP contribution in [0.4, 0.5) is 32.0 Å². The van der Waals surface area contributed by atoms with Gasteiger partial charge in [-0.2, -0.15) is 31.6 Å². The highest BCUT2D eigenvalue weighted by Gasteiger charge is 2.75. The van der Waals surface area contributed by atoms with Crippen LogP contribution in [0.15, 0.2) is 30.6 Å². The number of hydrogen-bond acceptors (Lipinski definition) is 7. The molecule has 38 heavy (non-hydrogen) atoms. The van der Waals surface area contributed by atoms with Crippen molar-refractivity contribution in [2.24, 2.45) is 17.8 Å². The minimum Gasteiger partial charge on any atom is -0.477 e. The van der Waals surface area contributed by atoms with Crippen molar-refractivity contribution < 1.29 is 45.4 Å². The van der Waals surface area contributed by atoms with Gasteiger partial charge in [0.25, 0.3) is 0 Å². The summed E-state index contributed by atoms with van der Waals surface area (Å²) in [4.78, 5) is 34.5. The predicted octanol–water partition coefficient (Wildman–Crippen LogP) is 4.14. The molecule has 3 aliphatic heterocycles. The molecule has 1 aromatic heterocycles. The van der Waals surface area contributed by atoms with Crippen molar-refractivity contribution in [3.8, 4) is 11.9 Å². The molecule has 4 heterocycles. The average Bonchev–Trinajstić information content (AvgIpc) is 3.36. The van der Waals surface area contributed by atoms with Gasteiger partial charge in [-0.05, 0) is 38.5 Å². The SMILES string of the molecule is C[C@]12O[C@](C)(C[C@H]1COc1cc(C(F)(F)F)ncn1)[C@H]1C(=O)N(c3ccc(C#N)c(C(F)(F)F)c3)C(=O)[C@H]12. The summed E-state index contributed by atoms with van der Waals surface area (Å²) in [5.74, 6) is -4.45. The number of anilines is 1. The van der Waals surface area contributed by atoms with Gasteiger partial charge in [0.1, 0.15) is 6.33 Å². The number of aromatic nitrogens is 2. The van der Waals surface area contributed by atoms with Crippen molar-refractivity contribution in [3.05, 3.63) is 47.4 Å². The molecule has 3 saturated heterocycles. The first kappa shape index (κ1) is 25.9. The third-order valence-electron chi connectivity index (χ3n) is 7.55. The van der Waals surface area contributed by atoms with Crippen molar-refractivity contribution in [3.63, 3.8) is 0 Å². The molecule has 0 N–H and O–H groups in total. The number of alkyl halides is 6. The second-order valence-corrected chi connectivity index (χ2v) is 9.86. The number of rotatable bonds is 4. The van der Waals surface area contributed by atoms with Gasteiger partial charge in [0, 0.05) is 12.0 Å². The van der Waals surface area contributed by atoms with E-state index in [2.05, 4.69) is 9.97 Å². The molecule has 0 spiro atoms. The molecule has 3 fully saturated rings. The standard InChI is InChI=1S/C24H18F6N4O4/c1-21-7-12(9-37-16-6-15(24(28,29)30)32-10-33-16)22(2,38-21)18-17(21)19(35)34(20(18)36)13-4-3-11(8-31)14(5-13)23(25,26)27/h3-6,10,12,17-18H,7,9H2,1-2H3/t12-,17+,18-,21+,22-/m0/s1. The Morgan fingerprint density at radius 3 is 2.39 bits per heavy atom. The molecule has 8 nitrogen and oxygen atoms in total. The highest BCUT2D eigenvalue weighted by Crippen LogP contribution is 2.63. The number of benzene rings is 1. The number of fused-ring (bicyclic) bond motifs is 5. The van der Waals surface area contributed by atoms with Crippen molar-refractivity contribution in [1.82, 2.24) is 9.97 Å². The Morgan fingerprint density at radius 2 is 1.76 bits per heavy atom. The normalized spacial score (nSPS) is 30.5. The lowest BCUT2D eigenvalue weighted by Crippen LogP contribution is -2.48. The summed E-state index contributed by atoms with van der Waals surface area (Å²) < 4.78 is 91.0. The van der Waals surface area contributed by atoms with E-state index >= 15 is 0 Å². The summed E-state index contributed by atoms with van der Waals surface area (Å²) in [5.41, 5.74) is -5.91. The number of amides is 2. The van der Waals surface area contributed by atoms with E-state index in [0.717, 1.165) is 12.1 Å². The van der Waals surface area contributed by atoms with Crippen molar-refractivity contribution in [1.29, 1.82) is 5.26 Å². The van der Waals surface area contributed by atoms with Gasteiger partial charge >= 0.3 is 12.4 Å². The van der Waals surface area contributed by atoms with E-state index in [4.69, 9.17) is 14.7 Å². The van der Waals surface area contributed by atoms with Gasteiger partial charge in [0.15, 0.2) is 5.69 Å². The second kappa shape index (κ2) is 8.13. The van der Waals surface area contributed by atoms with E-state index in [9.17, 15) is 35.9 Å². The van der Waals surface area contributed by atoms with Crippen LogP contribution in [0.1, 0.15) is 37.1 Å². The lowest BCUT2D eigenvalue weighted by atomic mass is 9.64. The Kier molecular flexibility index (Phi) is 5.54. The van der Waals surface area contributed by atoms with Crippen LogP contribution >= 0.6 is 0 Å². The first-order chi connectivity index (χ1) is 17.6. The van der Waals surface area contributed by atoms with Crippen LogP contribution in [0.3, 0.4) is 0 Å². The fraction of sp³-hybridized carbons (Fsp3) is 0.458.